The van der Waals surface area contributed by atoms with Crippen molar-refractivity contribution in [2.24, 2.45) is 0 Å². The van der Waals surface area contributed by atoms with E-state index in [1.54, 1.807) is 24.3 Å². The van der Waals surface area contributed by atoms with Gasteiger partial charge in [0.1, 0.15) is 11.9 Å². The fraction of sp³-hybridized carbons (Fsp3) is 0.111. The Balaban J connectivity index is 2.04. The molecule has 2 N–H and O–H groups in total. The monoisotopic (exact) mass is 305 g/mol. The lowest BCUT2D eigenvalue weighted by molar-refractivity contribution is 0.373. The van der Waals surface area contributed by atoms with Crippen molar-refractivity contribution in [1.82, 2.24) is 9.97 Å². The number of allylic oxidation sites excluding steroid dienone is 1. The number of hydrogen-bond acceptors (Lipinski definition) is 4. The third kappa shape index (κ3) is 2.87. The first-order valence-electron chi connectivity index (χ1n) is 7.06. The van der Waals surface area contributed by atoms with E-state index >= 15 is 0 Å². The average Bonchev–Trinajstić information content (AvgIpc) is 2.95. The van der Waals surface area contributed by atoms with E-state index in [9.17, 15) is 10.4 Å². The molecule has 114 valence electrons. The summed E-state index contributed by atoms with van der Waals surface area (Å²) in [5.74, 6) is 0.919. The molecule has 0 saturated carbocycles. The van der Waals surface area contributed by atoms with Crippen LogP contribution in [0.3, 0.4) is 0 Å². The van der Waals surface area contributed by atoms with Crippen LogP contribution < -0.4 is 4.74 Å². The summed E-state index contributed by atoms with van der Waals surface area (Å²) in [6, 6.07) is 13.0. The Morgan fingerprint density at radius 3 is 2.83 bits per heavy atom. The van der Waals surface area contributed by atoms with Crippen LogP contribution in [0.25, 0.3) is 22.7 Å². The molecule has 0 bridgehead atoms. The van der Waals surface area contributed by atoms with Gasteiger partial charge in [-0.3, -0.25) is 0 Å². The highest BCUT2D eigenvalue weighted by molar-refractivity contribution is 5.90. The molecule has 0 unspecified atom stereocenters. The maximum absolute atomic E-state index is 9.83. The van der Waals surface area contributed by atoms with Gasteiger partial charge < -0.3 is 14.8 Å². The number of fused-ring (bicyclic) bond motifs is 1. The van der Waals surface area contributed by atoms with Gasteiger partial charge in [0.25, 0.3) is 0 Å². The minimum Gasteiger partial charge on any atom is -0.504 e. The van der Waals surface area contributed by atoms with E-state index in [2.05, 4.69) is 16.0 Å². The number of phenolic OH excluding ortho intramolecular Hbond substituents is 1. The van der Waals surface area contributed by atoms with Crippen LogP contribution in [0.4, 0.5) is 0 Å². The standard InChI is InChI=1S/C18H15N3O2/c1-11-3-5-14-15(7-11)21-18(20-14)13(10-19)8-12-4-6-17(23-2)16(22)9-12/h3-9,22H,1-2H3,(H,20,21)/b13-8+. The summed E-state index contributed by atoms with van der Waals surface area (Å²) in [7, 11) is 1.49. The summed E-state index contributed by atoms with van der Waals surface area (Å²) in [5.41, 5.74) is 3.90. The zero-order valence-electron chi connectivity index (χ0n) is 12.8. The van der Waals surface area contributed by atoms with E-state index in [1.165, 1.54) is 7.11 Å². The summed E-state index contributed by atoms with van der Waals surface area (Å²) >= 11 is 0. The Labute approximate surface area is 133 Å². The van der Waals surface area contributed by atoms with Gasteiger partial charge in [0.15, 0.2) is 11.5 Å². The normalized spacial score (nSPS) is 11.4. The maximum Gasteiger partial charge on any atom is 0.160 e. The molecule has 2 aromatic carbocycles. The highest BCUT2D eigenvalue weighted by Crippen LogP contribution is 2.28. The van der Waals surface area contributed by atoms with Gasteiger partial charge in [0.2, 0.25) is 0 Å². The minimum absolute atomic E-state index is 0.0266. The molecule has 0 aliphatic heterocycles. The number of ether oxygens (including phenoxy) is 1. The van der Waals surface area contributed by atoms with Crippen molar-refractivity contribution in [2.75, 3.05) is 7.11 Å². The number of phenols is 1. The summed E-state index contributed by atoms with van der Waals surface area (Å²) < 4.78 is 5.01. The molecule has 1 aromatic heterocycles. The molecule has 0 radical (unpaired) electrons. The van der Waals surface area contributed by atoms with Crippen molar-refractivity contribution in [1.29, 1.82) is 5.26 Å². The second-order valence-corrected chi connectivity index (χ2v) is 5.21. The number of imidazole rings is 1. The Kier molecular flexibility index (Phi) is 3.73. The molecule has 0 atom stereocenters. The first-order chi connectivity index (χ1) is 11.1. The molecule has 0 spiro atoms. The molecule has 5 nitrogen and oxygen atoms in total. The van der Waals surface area contributed by atoms with E-state index in [0.29, 0.717) is 22.7 Å². The molecule has 23 heavy (non-hydrogen) atoms. The van der Waals surface area contributed by atoms with E-state index in [4.69, 9.17) is 4.74 Å². The number of nitriles is 1. The van der Waals surface area contributed by atoms with E-state index in [0.717, 1.165) is 16.6 Å². The van der Waals surface area contributed by atoms with E-state index in [1.807, 2.05) is 25.1 Å². The molecule has 5 heteroatoms. The van der Waals surface area contributed by atoms with Crippen LogP contribution in [0, 0.1) is 18.3 Å². The number of rotatable bonds is 3. The minimum atomic E-state index is 0.0266. The number of methoxy groups -OCH3 is 1. The number of aromatic amines is 1. The van der Waals surface area contributed by atoms with Crippen molar-refractivity contribution in [3.8, 4) is 17.6 Å². The smallest absolute Gasteiger partial charge is 0.160 e. The highest BCUT2D eigenvalue weighted by atomic mass is 16.5. The number of nitrogens with zero attached hydrogens (tertiary/aromatic N) is 2. The number of aromatic nitrogens is 2. The first kappa shape index (κ1) is 14.7. The molecule has 0 amide bonds. The zero-order chi connectivity index (χ0) is 16.4. The second kappa shape index (κ2) is 5.85. The summed E-state index contributed by atoms with van der Waals surface area (Å²) in [4.78, 5) is 7.60. The maximum atomic E-state index is 9.83. The van der Waals surface area contributed by atoms with Gasteiger partial charge >= 0.3 is 0 Å². The first-order valence-corrected chi connectivity index (χ1v) is 7.06. The molecular formula is C18H15N3O2. The van der Waals surface area contributed by atoms with Gasteiger partial charge in [-0.25, -0.2) is 4.98 Å². The lowest BCUT2D eigenvalue weighted by Gasteiger charge is -2.03. The van der Waals surface area contributed by atoms with Crippen LogP contribution in [0.2, 0.25) is 0 Å². The Bertz CT molecular complexity index is 949. The number of nitrogens with one attached hydrogen (secondary N) is 1. The van der Waals surface area contributed by atoms with Gasteiger partial charge in [-0.2, -0.15) is 5.26 Å². The summed E-state index contributed by atoms with van der Waals surface area (Å²) in [6.07, 6.45) is 1.67. The third-order valence-corrected chi connectivity index (χ3v) is 3.53. The van der Waals surface area contributed by atoms with Gasteiger partial charge in [-0.05, 0) is 48.4 Å². The largest absolute Gasteiger partial charge is 0.504 e. The lowest BCUT2D eigenvalue weighted by Crippen LogP contribution is -1.86. The summed E-state index contributed by atoms with van der Waals surface area (Å²) in [5, 5.41) is 19.3. The van der Waals surface area contributed by atoms with Crippen molar-refractivity contribution >= 4 is 22.7 Å². The third-order valence-electron chi connectivity index (χ3n) is 3.53. The van der Waals surface area contributed by atoms with Gasteiger partial charge in [-0.15, -0.1) is 0 Å². The van der Waals surface area contributed by atoms with Gasteiger partial charge in [0.05, 0.1) is 23.7 Å². The number of hydrogen-bond donors (Lipinski definition) is 2. The number of H-pyrrole nitrogens is 1. The van der Waals surface area contributed by atoms with Crippen molar-refractivity contribution < 1.29 is 9.84 Å². The molecule has 0 aliphatic rings. The van der Waals surface area contributed by atoms with Crippen molar-refractivity contribution in [3.05, 3.63) is 53.3 Å². The predicted octanol–water partition coefficient (Wildman–Crippen LogP) is 3.65. The molecular weight excluding hydrogens is 290 g/mol. The molecule has 1 heterocycles. The van der Waals surface area contributed by atoms with Crippen molar-refractivity contribution in [2.45, 2.75) is 6.92 Å². The van der Waals surface area contributed by atoms with E-state index < -0.39 is 0 Å². The summed E-state index contributed by atoms with van der Waals surface area (Å²) in [6.45, 7) is 2.00. The van der Waals surface area contributed by atoms with Crippen LogP contribution in [0.1, 0.15) is 17.0 Å². The van der Waals surface area contributed by atoms with Gasteiger partial charge in [-0.1, -0.05) is 12.1 Å². The number of aryl methyl sites for hydroxylation is 1. The average molecular weight is 305 g/mol. The Hall–Kier alpha value is -3.26. The molecule has 0 saturated heterocycles. The lowest BCUT2D eigenvalue weighted by atomic mass is 10.1. The molecule has 0 aliphatic carbocycles. The fourth-order valence-electron chi connectivity index (χ4n) is 2.37. The Morgan fingerprint density at radius 2 is 2.13 bits per heavy atom. The van der Waals surface area contributed by atoms with Crippen LogP contribution in [-0.4, -0.2) is 22.2 Å². The van der Waals surface area contributed by atoms with Crippen LogP contribution in [0.5, 0.6) is 11.5 Å². The highest BCUT2D eigenvalue weighted by Gasteiger charge is 2.09. The fourth-order valence-corrected chi connectivity index (χ4v) is 2.37. The topological polar surface area (TPSA) is 81.9 Å². The molecule has 0 fully saturated rings. The zero-order valence-corrected chi connectivity index (χ0v) is 12.8. The van der Waals surface area contributed by atoms with Crippen LogP contribution in [0.15, 0.2) is 36.4 Å². The van der Waals surface area contributed by atoms with E-state index in [-0.39, 0.29) is 5.75 Å². The SMILES string of the molecule is COc1ccc(/C=C(\C#N)c2nc3ccc(C)cc3[nH]2)cc1O. The molecule has 3 aromatic rings. The molecule has 3 rings (SSSR count). The quantitative estimate of drug-likeness (QED) is 0.724. The van der Waals surface area contributed by atoms with Crippen LogP contribution >= 0.6 is 0 Å². The predicted molar refractivity (Wildman–Crippen MR) is 89.0 cm³/mol. The van der Waals surface area contributed by atoms with Crippen molar-refractivity contribution in [3.63, 3.8) is 0 Å². The number of benzene rings is 2. The van der Waals surface area contributed by atoms with Gasteiger partial charge in [0, 0.05) is 0 Å². The van der Waals surface area contributed by atoms with Crippen LogP contribution in [-0.2, 0) is 0 Å². The number of aromatic hydroxyl groups is 1. The Morgan fingerprint density at radius 1 is 1.30 bits per heavy atom. The second-order valence-electron chi connectivity index (χ2n) is 5.21.